The van der Waals surface area contributed by atoms with Crippen LogP contribution >= 0.6 is 0 Å². The van der Waals surface area contributed by atoms with Crippen LogP contribution in [0, 0.1) is 23.7 Å². The molecule has 4 rings (SSSR count). The molecular weight excluding hydrogens is 826 g/mol. The molecule has 0 aromatic rings. The van der Waals surface area contributed by atoms with Crippen molar-refractivity contribution >= 4 is 18.0 Å². The second kappa shape index (κ2) is 23.5. The lowest BCUT2D eigenvalue weighted by molar-refractivity contribution is -0.341. The maximum atomic E-state index is 13.7. The Morgan fingerprint density at radius 1 is 0.873 bits per heavy atom. The van der Waals surface area contributed by atoms with E-state index in [2.05, 4.69) is 0 Å². The third kappa shape index (κ3) is 13.4. The largest absolute Gasteiger partial charge is 0.462 e. The van der Waals surface area contributed by atoms with Crippen molar-refractivity contribution in [3.8, 4) is 0 Å². The summed E-state index contributed by atoms with van der Waals surface area (Å²) in [7, 11) is 4.86. The van der Waals surface area contributed by atoms with Crippen LogP contribution < -0.4 is 0 Å². The molecule has 18 nitrogen and oxygen atoms in total. The second-order valence-electron chi connectivity index (χ2n) is 18.5. The summed E-state index contributed by atoms with van der Waals surface area (Å²) in [6.07, 6.45) is -10.0. The van der Waals surface area contributed by atoms with Crippen molar-refractivity contribution in [2.75, 3.05) is 27.8 Å². The maximum Gasteiger partial charge on any atom is 0.308 e. The first-order valence-electron chi connectivity index (χ1n) is 22.3. The van der Waals surface area contributed by atoms with E-state index in [0.29, 0.717) is 18.3 Å². The summed E-state index contributed by atoms with van der Waals surface area (Å²) >= 11 is 0. The van der Waals surface area contributed by atoms with E-state index < -0.39 is 140 Å². The van der Waals surface area contributed by atoms with Crippen LogP contribution in [0.4, 0.5) is 0 Å². The molecule has 6 N–H and O–H groups in total. The maximum absolute atomic E-state index is 13.7. The van der Waals surface area contributed by atoms with E-state index in [9.17, 15) is 45.0 Å². The van der Waals surface area contributed by atoms with Gasteiger partial charge in [-0.3, -0.25) is 9.59 Å². The Balaban J connectivity index is 1.62. The van der Waals surface area contributed by atoms with E-state index in [-0.39, 0.29) is 31.7 Å². The van der Waals surface area contributed by atoms with Gasteiger partial charge in [0.2, 0.25) is 0 Å². The quantitative estimate of drug-likeness (QED) is 0.119. The highest BCUT2D eigenvalue weighted by Crippen LogP contribution is 2.37. The lowest BCUT2D eigenvalue weighted by Gasteiger charge is -2.50. The van der Waals surface area contributed by atoms with Gasteiger partial charge in [0, 0.05) is 37.7 Å². The number of nitrogens with zero attached hydrogens (tertiary/aromatic N) is 1. The number of likely N-dealkylation sites (N-methyl/N-ethyl adjacent to an activating group) is 1. The van der Waals surface area contributed by atoms with Crippen molar-refractivity contribution in [1.29, 1.82) is 0 Å². The van der Waals surface area contributed by atoms with Crippen molar-refractivity contribution in [2.45, 2.75) is 191 Å². The highest BCUT2D eigenvalue weighted by atomic mass is 16.7. The van der Waals surface area contributed by atoms with E-state index in [4.69, 9.17) is 37.9 Å². The molecule has 21 atom stereocenters. The number of hydrogen-bond acceptors (Lipinski definition) is 18. The molecule has 63 heavy (non-hydrogen) atoms. The van der Waals surface area contributed by atoms with Crippen LogP contribution in [0.5, 0.6) is 0 Å². The lowest BCUT2D eigenvalue weighted by Crippen LogP contribution is -2.65. The van der Waals surface area contributed by atoms with Gasteiger partial charge in [-0.1, -0.05) is 38.5 Å². The van der Waals surface area contributed by atoms with Crippen molar-refractivity contribution in [1.82, 2.24) is 4.90 Å². The summed E-state index contributed by atoms with van der Waals surface area (Å²) in [6.45, 7) is 13.4. The van der Waals surface area contributed by atoms with Gasteiger partial charge in [0.1, 0.15) is 49.0 Å². The number of carbonyl (C=O) groups excluding carboxylic acids is 3. The third-order valence-corrected chi connectivity index (χ3v) is 13.2. The lowest BCUT2D eigenvalue weighted by atomic mass is 9.79. The first kappa shape index (κ1) is 53.3. The van der Waals surface area contributed by atoms with Crippen molar-refractivity contribution in [3.63, 3.8) is 0 Å². The standard InChI is InChI=1S/C45H75NO17/c1-12-32-29(21-57-44-41(56-11)38(53)36(51)25(5)59-44)17-22(2)13-14-30(48)23(3)18-28(15-16-47)39(24(4)31(49)19-33(50)61-32)63-43-37(52)35(46(9)10)40(26(6)60-43)62-34-20-45(8,55)42(54)27(7)58-34/h13-14,16-17,23-29,31-32,34-44,49,51-55H,12,15,18-21H2,1-11H3/b14-13-,22-17-/t23-,24+,25+,26-,27+,28-,29+,31+,32-,34+,35+,36+,37-,38+,39-,40+,41-,42+,43+,44+,45+/m0/s1. The topological polar surface area (TPSA) is 250 Å². The number of ether oxygens (including phenoxy) is 8. The van der Waals surface area contributed by atoms with Crippen LogP contribution in [0.15, 0.2) is 23.8 Å². The summed E-state index contributed by atoms with van der Waals surface area (Å²) < 4.78 is 48.5. The number of methoxy groups -OCH3 is 1. The molecule has 4 aliphatic rings. The summed E-state index contributed by atoms with van der Waals surface area (Å²) in [6, 6.07) is -0.754. The van der Waals surface area contributed by atoms with Gasteiger partial charge in [-0.05, 0) is 73.5 Å². The minimum Gasteiger partial charge on any atom is -0.462 e. The zero-order chi connectivity index (χ0) is 47.1. The normalized spacial score (nSPS) is 46.5. The Labute approximate surface area is 371 Å². The Morgan fingerprint density at radius 2 is 1.54 bits per heavy atom. The number of aldehydes is 1. The average molecular weight is 902 g/mol. The third-order valence-electron chi connectivity index (χ3n) is 13.2. The van der Waals surface area contributed by atoms with Crippen molar-refractivity contribution < 1.29 is 82.9 Å². The number of esters is 1. The van der Waals surface area contributed by atoms with Crippen LogP contribution in [0.2, 0.25) is 0 Å². The highest BCUT2D eigenvalue weighted by molar-refractivity contribution is 5.91. The SMILES string of the molecule is CC[C@@H]1OC(=O)C[C@@H](O)[C@@H](C)[C@H](O[C@H]2O[C@@H](C)[C@@H](O[C@@H]3C[C@@](C)(O)[C@H](O)[C@@H](C)O3)[C@H](N(C)C)[C@@H]2O)[C@@H](CC=O)C[C@H](C)C(=O)/C=C\C(C)=C/[C@@H]1CO[C@@H]1O[C@H](C)[C@@H](O)[C@@H](O)[C@@H]1OC. The van der Waals surface area contributed by atoms with Crippen LogP contribution in [0.3, 0.4) is 0 Å². The molecule has 0 amide bonds. The van der Waals surface area contributed by atoms with E-state index in [1.807, 2.05) is 13.0 Å². The highest BCUT2D eigenvalue weighted by Gasteiger charge is 2.51. The van der Waals surface area contributed by atoms with Gasteiger partial charge in [-0.25, -0.2) is 0 Å². The molecule has 0 saturated carbocycles. The number of aliphatic hydroxyl groups excluding tert-OH is 5. The van der Waals surface area contributed by atoms with E-state index in [1.54, 1.807) is 66.6 Å². The summed E-state index contributed by atoms with van der Waals surface area (Å²) in [4.78, 5) is 41.4. The van der Waals surface area contributed by atoms with Gasteiger partial charge in [-0.15, -0.1) is 0 Å². The fourth-order valence-corrected chi connectivity index (χ4v) is 9.26. The van der Waals surface area contributed by atoms with Crippen LogP contribution in [-0.4, -0.2) is 185 Å². The van der Waals surface area contributed by atoms with E-state index in [1.165, 1.54) is 20.1 Å². The van der Waals surface area contributed by atoms with E-state index in [0.717, 1.165) is 0 Å². The van der Waals surface area contributed by atoms with Gasteiger partial charge in [0.05, 0.1) is 55.2 Å². The molecule has 0 aliphatic carbocycles. The predicted molar refractivity (Wildman–Crippen MR) is 226 cm³/mol. The fourth-order valence-electron chi connectivity index (χ4n) is 9.26. The molecule has 362 valence electrons. The molecule has 18 heteroatoms. The molecule has 0 spiro atoms. The number of rotatable bonds is 12. The molecule has 0 radical (unpaired) electrons. The van der Waals surface area contributed by atoms with Crippen LogP contribution in [0.1, 0.15) is 87.5 Å². The monoisotopic (exact) mass is 902 g/mol. The fraction of sp³-hybridized carbons (Fsp3) is 0.844. The number of hydrogen-bond donors (Lipinski definition) is 6. The Bertz CT molecular complexity index is 1540. The number of ketones is 1. The number of aliphatic hydroxyl groups is 6. The van der Waals surface area contributed by atoms with Crippen LogP contribution in [-0.2, 0) is 52.3 Å². The van der Waals surface area contributed by atoms with Crippen molar-refractivity contribution in [2.24, 2.45) is 23.7 Å². The average Bonchev–Trinajstić information content (AvgIpc) is 3.21. The zero-order valence-electron chi connectivity index (χ0n) is 38.7. The van der Waals surface area contributed by atoms with Gasteiger partial charge >= 0.3 is 5.97 Å². The van der Waals surface area contributed by atoms with Gasteiger partial charge in [0.15, 0.2) is 24.7 Å². The first-order chi connectivity index (χ1) is 29.5. The summed E-state index contributed by atoms with van der Waals surface area (Å²) in [5.74, 6) is -3.70. The molecular formula is C45H75NO17. The molecule has 3 fully saturated rings. The molecule has 0 bridgehead atoms. The zero-order valence-corrected chi connectivity index (χ0v) is 38.7. The predicted octanol–water partition coefficient (Wildman–Crippen LogP) is 1.18. The minimum atomic E-state index is -1.49. The Morgan fingerprint density at radius 3 is 2.14 bits per heavy atom. The molecule has 0 aromatic carbocycles. The smallest absolute Gasteiger partial charge is 0.308 e. The second-order valence-corrected chi connectivity index (χ2v) is 18.5. The molecule has 3 saturated heterocycles. The molecule has 0 unspecified atom stereocenters. The number of carbonyl (C=O) groups is 3. The Kier molecular flexibility index (Phi) is 19.9. The summed E-state index contributed by atoms with van der Waals surface area (Å²) in [5, 5.41) is 66.0. The number of allylic oxidation sites excluding steroid dienone is 3. The van der Waals surface area contributed by atoms with Crippen LogP contribution in [0.25, 0.3) is 0 Å². The summed E-state index contributed by atoms with van der Waals surface area (Å²) in [5.41, 5.74) is -0.837. The van der Waals surface area contributed by atoms with E-state index >= 15 is 0 Å². The Hall–Kier alpha value is -2.27. The van der Waals surface area contributed by atoms with Crippen molar-refractivity contribution in [3.05, 3.63) is 23.8 Å². The van der Waals surface area contributed by atoms with Gasteiger partial charge in [-0.2, -0.15) is 0 Å². The van der Waals surface area contributed by atoms with Gasteiger partial charge < -0.3 is 78.2 Å². The first-order valence-corrected chi connectivity index (χ1v) is 22.3. The molecule has 0 aromatic heterocycles. The molecule has 4 heterocycles. The van der Waals surface area contributed by atoms with Gasteiger partial charge in [0.25, 0.3) is 0 Å². The number of cyclic esters (lactones) is 1. The minimum absolute atomic E-state index is 0.0407. The molecule has 4 aliphatic heterocycles.